The Hall–Kier alpha value is -1.98. The summed E-state index contributed by atoms with van der Waals surface area (Å²) >= 11 is 11.8. The van der Waals surface area contributed by atoms with Crippen molar-refractivity contribution in [2.75, 3.05) is 0 Å². The highest BCUT2D eigenvalue weighted by Gasteiger charge is 2.07. The highest BCUT2D eigenvalue weighted by molar-refractivity contribution is 6.42. The third-order valence-electron chi connectivity index (χ3n) is 3.01. The Labute approximate surface area is 138 Å². The summed E-state index contributed by atoms with van der Waals surface area (Å²) in [6.07, 6.45) is 3.27. The number of halogens is 2. The van der Waals surface area contributed by atoms with Crippen LogP contribution in [0.25, 0.3) is 0 Å². The van der Waals surface area contributed by atoms with E-state index in [0.29, 0.717) is 35.0 Å². The van der Waals surface area contributed by atoms with Crippen LogP contribution < -0.4 is 10.9 Å². The van der Waals surface area contributed by atoms with Crippen LogP contribution in [0, 0.1) is 0 Å². The number of carbonyl (C=O) groups is 2. The maximum Gasteiger partial charge on any atom is 0.286 e. The normalized spacial score (nSPS) is 10.3. The molecule has 2 rings (SSSR count). The van der Waals surface area contributed by atoms with Crippen LogP contribution in [-0.4, -0.2) is 16.8 Å². The number of aromatic amines is 1. The summed E-state index contributed by atoms with van der Waals surface area (Å²) in [5, 5.41) is 1.01. The number of carbonyl (C=O) groups excluding carboxylic acids is 2. The minimum atomic E-state index is -0.386. The summed E-state index contributed by atoms with van der Waals surface area (Å²) in [6.45, 7) is 0. The average molecular weight is 340 g/mol. The lowest BCUT2D eigenvalue weighted by Crippen LogP contribution is -2.41. The summed E-state index contributed by atoms with van der Waals surface area (Å²) in [6, 6.07) is 8.71. The fourth-order valence-corrected chi connectivity index (χ4v) is 2.20. The van der Waals surface area contributed by atoms with Crippen LogP contribution in [0.1, 0.15) is 28.9 Å². The summed E-state index contributed by atoms with van der Waals surface area (Å²) in [5.74, 6) is -0.636. The van der Waals surface area contributed by atoms with Gasteiger partial charge in [0.05, 0.1) is 10.0 Å². The number of hydrogen-bond acceptors (Lipinski definition) is 2. The maximum atomic E-state index is 11.6. The Kier molecular flexibility index (Phi) is 5.86. The predicted molar refractivity (Wildman–Crippen MR) is 85.8 cm³/mol. The fraction of sp³-hybridized carbons (Fsp3) is 0.200. The predicted octanol–water partition coefficient (Wildman–Crippen LogP) is 3.11. The van der Waals surface area contributed by atoms with E-state index in [1.165, 1.54) is 0 Å². The lowest BCUT2D eigenvalue weighted by molar-refractivity contribution is -0.121. The van der Waals surface area contributed by atoms with E-state index in [1.54, 1.807) is 30.5 Å². The summed E-state index contributed by atoms with van der Waals surface area (Å²) in [4.78, 5) is 26.0. The van der Waals surface area contributed by atoms with Gasteiger partial charge in [0.2, 0.25) is 5.91 Å². The quantitative estimate of drug-likeness (QED) is 0.732. The molecule has 0 aliphatic rings. The number of aromatic nitrogens is 1. The van der Waals surface area contributed by atoms with Gasteiger partial charge < -0.3 is 4.98 Å². The molecule has 0 radical (unpaired) electrons. The molecule has 0 atom stereocenters. The van der Waals surface area contributed by atoms with Gasteiger partial charge in [0.25, 0.3) is 5.91 Å². The van der Waals surface area contributed by atoms with Crippen LogP contribution >= 0.6 is 23.2 Å². The molecule has 0 aliphatic heterocycles. The third kappa shape index (κ3) is 4.79. The van der Waals surface area contributed by atoms with Gasteiger partial charge in [-0.2, -0.15) is 0 Å². The van der Waals surface area contributed by atoms with Crippen molar-refractivity contribution in [1.82, 2.24) is 15.8 Å². The topological polar surface area (TPSA) is 74.0 Å². The highest BCUT2D eigenvalue weighted by atomic mass is 35.5. The van der Waals surface area contributed by atoms with Crippen LogP contribution in [-0.2, 0) is 11.2 Å². The number of aryl methyl sites for hydroxylation is 1. The zero-order chi connectivity index (χ0) is 15.9. The van der Waals surface area contributed by atoms with Crippen molar-refractivity contribution in [3.05, 3.63) is 57.8 Å². The Morgan fingerprint density at radius 2 is 1.91 bits per heavy atom. The first-order valence-electron chi connectivity index (χ1n) is 6.73. The van der Waals surface area contributed by atoms with E-state index < -0.39 is 0 Å². The average Bonchev–Trinajstić information content (AvgIpc) is 3.03. The molecule has 0 saturated heterocycles. The number of nitrogens with one attached hydrogen (secondary N) is 3. The van der Waals surface area contributed by atoms with Crippen molar-refractivity contribution in [1.29, 1.82) is 0 Å². The summed E-state index contributed by atoms with van der Waals surface area (Å²) < 4.78 is 0. The maximum absolute atomic E-state index is 11.6. The van der Waals surface area contributed by atoms with Crippen LogP contribution in [0.2, 0.25) is 10.0 Å². The van der Waals surface area contributed by atoms with E-state index in [-0.39, 0.29) is 11.8 Å². The van der Waals surface area contributed by atoms with Crippen molar-refractivity contribution in [3.63, 3.8) is 0 Å². The fourth-order valence-electron chi connectivity index (χ4n) is 1.88. The van der Waals surface area contributed by atoms with Crippen LogP contribution in [0.4, 0.5) is 0 Å². The Balaban J connectivity index is 1.69. The third-order valence-corrected chi connectivity index (χ3v) is 3.75. The van der Waals surface area contributed by atoms with E-state index in [0.717, 1.165) is 5.56 Å². The second-order valence-electron chi connectivity index (χ2n) is 4.69. The number of hydrogen-bond donors (Lipinski definition) is 3. The van der Waals surface area contributed by atoms with Gasteiger partial charge in [0.1, 0.15) is 5.69 Å². The van der Waals surface area contributed by atoms with Crippen molar-refractivity contribution in [3.8, 4) is 0 Å². The number of rotatable bonds is 5. The molecule has 0 saturated carbocycles. The smallest absolute Gasteiger partial charge is 0.286 e. The van der Waals surface area contributed by atoms with E-state index in [4.69, 9.17) is 23.2 Å². The minimum absolute atomic E-state index is 0.250. The Morgan fingerprint density at radius 3 is 2.59 bits per heavy atom. The van der Waals surface area contributed by atoms with E-state index in [2.05, 4.69) is 15.8 Å². The van der Waals surface area contributed by atoms with Gasteiger partial charge >= 0.3 is 0 Å². The van der Waals surface area contributed by atoms with Crippen molar-refractivity contribution >= 4 is 35.0 Å². The molecule has 0 bridgehead atoms. The zero-order valence-corrected chi connectivity index (χ0v) is 13.2. The molecular weight excluding hydrogens is 325 g/mol. The molecule has 7 heteroatoms. The molecule has 0 unspecified atom stereocenters. The van der Waals surface area contributed by atoms with Crippen molar-refractivity contribution in [2.45, 2.75) is 19.3 Å². The zero-order valence-electron chi connectivity index (χ0n) is 11.7. The first-order valence-corrected chi connectivity index (χ1v) is 7.48. The Morgan fingerprint density at radius 1 is 1.09 bits per heavy atom. The molecule has 1 aromatic heterocycles. The van der Waals surface area contributed by atoms with Crippen molar-refractivity contribution in [2.24, 2.45) is 0 Å². The van der Waals surface area contributed by atoms with Gasteiger partial charge in [-0.15, -0.1) is 0 Å². The van der Waals surface area contributed by atoms with Crippen LogP contribution in [0.15, 0.2) is 36.5 Å². The molecule has 0 aliphatic carbocycles. The SMILES string of the molecule is O=C(CCCc1ccc(Cl)c(Cl)c1)NNC(=O)c1ccc[nH]1. The first-order chi connectivity index (χ1) is 10.6. The van der Waals surface area contributed by atoms with E-state index in [1.807, 2.05) is 6.07 Å². The molecular formula is C15H15Cl2N3O2. The van der Waals surface area contributed by atoms with Gasteiger partial charge in [-0.25, -0.2) is 0 Å². The molecule has 2 amide bonds. The van der Waals surface area contributed by atoms with Crippen LogP contribution in [0.5, 0.6) is 0 Å². The van der Waals surface area contributed by atoms with Gasteiger partial charge in [0, 0.05) is 12.6 Å². The molecule has 3 N–H and O–H groups in total. The number of hydrazine groups is 1. The second-order valence-corrected chi connectivity index (χ2v) is 5.50. The molecule has 5 nitrogen and oxygen atoms in total. The van der Waals surface area contributed by atoms with Crippen molar-refractivity contribution < 1.29 is 9.59 Å². The largest absolute Gasteiger partial charge is 0.357 e. The molecule has 2 aromatic rings. The first kappa shape index (κ1) is 16.4. The van der Waals surface area contributed by atoms with Gasteiger partial charge in [-0.1, -0.05) is 29.3 Å². The summed E-state index contributed by atoms with van der Waals surface area (Å²) in [7, 11) is 0. The van der Waals surface area contributed by atoms with Gasteiger partial charge in [0.15, 0.2) is 0 Å². The lowest BCUT2D eigenvalue weighted by Gasteiger charge is -2.07. The molecule has 116 valence electrons. The standard InChI is InChI=1S/C15H15Cl2N3O2/c16-11-7-6-10(9-12(11)17)3-1-5-14(21)19-20-15(22)13-4-2-8-18-13/h2,4,6-9,18H,1,3,5H2,(H,19,21)(H,20,22). The summed E-state index contributed by atoms with van der Waals surface area (Å²) in [5.41, 5.74) is 6.11. The minimum Gasteiger partial charge on any atom is -0.357 e. The number of benzene rings is 1. The second kappa shape index (κ2) is 7.87. The lowest BCUT2D eigenvalue weighted by atomic mass is 10.1. The number of H-pyrrole nitrogens is 1. The number of amides is 2. The molecule has 1 aromatic carbocycles. The Bertz CT molecular complexity index is 657. The van der Waals surface area contributed by atoms with Crippen LogP contribution in [0.3, 0.4) is 0 Å². The molecule has 0 fully saturated rings. The highest BCUT2D eigenvalue weighted by Crippen LogP contribution is 2.23. The molecule has 1 heterocycles. The van der Waals surface area contributed by atoms with E-state index in [9.17, 15) is 9.59 Å². The molecule has 0 spiro atoms. The monoisotopic (exact) mass is 339 g/mol. The van der Waals surface area contributed by atoms with E-state index >= 15 is 0 Å². The van der Waals surface area contributed by atoms with Gasteiger partial charge in [-0.05, 0) is 42.7 Å². The molecule has 22 heavy (non-hydrogen) atoms. The van der Waals surface area contributed by atoms with Gasteiger partial charge in [-0.3, -0.25) is 20.4 Å².